The normalized spacial score (nSPS) is 21.1. The molecule has 5 nitrogen and oxygen atoms in total. The van der Waals surface area contributed by atoms with Gasteiger partial charge in [-0.05, 0) is 69.6 Å². The third-order valence-electron chi connectivity index (χ3n) is 6.31. The Morgan fingerprint density at radius 3 is 2.34 bits per heavy atom. The van der Waals surface area contributed by atoms with Crippen LogP contribution in [-0.4, -0.2) is 65.4 Å². The first-order valence-electron chi connectivity index (χ1n) is 10.8. The van der Waals surface area contributed by atoms with Crippen molar-refractivity contribution >= 4 is 5.91 Å². The van der Waals surface area contributed by atoms with Gasteiger partial charge in [0, 0.05) is 49.7 Å². The van der Waals surface area contributed by atoms with E-state index < -0.39 is 0 Å². The van der Waals surface area contributed by atoms with Gasteiger partial charge < -0.3 is 9.80 Å². The minimum absolute atomic E-state index is 0.139. The molecule has 29 heavy (non-hydrogen) atoms. The largest absolute Gasteiger partial charge is 0.339 e. The van der Waals surface area contributed by atoms with Crippen LogP contribution >= 0.6 is 0 Å². The van der Waals surface area contributed by atoms with Crippen molar-refractivity contribution in [3.63, 3.8) is 0 Å². The van der Waals surface area contributed by atoms with Gasteiger partial charge in [0.05, 0.1) is 0 Å². The van der Waals surface area contributed by atoms with Crippen molar-refractivity contribution in [3.8, 4) is 0 Å². The maximum atomic E-state index is 12.7. The quantitative estimate of drug-likeness (QED) is 0.780. The highest BCUT2D eigenvalue weighted by molar-refractivity contribution is 5.94. The average molecular weight is 393 g/mol. The van der Waals surface area contributed by atoms with Gasteiger partial charge in [0.25, 0.3) is 5.91 Å². The van der Waals surface area contributed by atoms with Crippen LogP contribution < -0.4 is 0 Å². The zero-order chi connectivity index (χ0) is 20.2. The Morgan fingerprint density at radius 2 is 1.69 bits per heavy atom. The molecular weight excluding hydrogens is 360 g/mol. The van der Waals surface area contributed by atoms with Crippen molar-refractivity contribution in [1.29, 1.82) is 0 Å². The van der Waals surface area contributed by atoms with Crippen LogP contribution in [0.25, 0.3) is 0 Å². The first kappa shape index (κ1) is 20.0. The Hall–Kier alpha value is -2.24. The van der Waals surface area contributed by atoms with Gasteiger partial charge in [-0.2, -0.15) is 0 Å². The van der Waals surface area contributed by atoms with Crippen molar-refractivity contribution in [2.24, 2.45) is 0 Å². The summed E-state index contributed by atoms with van der Waals surface area (Å²) in [6, 6.07) is 13.9. The molecule has 1 aromatic carbocycles. The van der Waals surface area contributed by atoms with Crippen molar-refractivity contribution in [3.05, 3.63) is 65.5 Å². The number of likely N-dealkylation sites (tertiary alicyclic amines) is 2. The second kappa shape index (κ2) is 9.06. The first-order chi connectivity index (χ1) is 14.1. The SMILES string of the molecule is CN(C)Cc1ccc(C2CCCN2C2CCN(C(=O)c3ccncc3)CC2)cc1. The van der Waals surface area contributed by atoms with Gasteiger partial charge in [-0.1, -0.05) is 24.3 Å². The van der Waals surface area contributed by atoms with Gasteiger partial charge >= 0.3 is 0 Å². The van der Waals surface area contributed by atoms with Crippen molar-refractivity contribution in [1.82, 2.24) is 19.7 Å². The lowest BCUT2D eigenvalue weighted by Crippen LogP contribution is -2.46. The zero-order valence-electron chi connectivity index (χ0n) is 17.6. The predicted octanol–water partition coefficient (Wildman–Crippen LogP) is 3.58. The van der Waals surface area contributed by atoms with E-state index in [2.05, 4.69) is 53.1 Å². The minimum Gasteiger partial charge on any atom is -0.339 e. The molecule has 0 saturated carbocycles. The predicted molar refractivity (Wildman–Crippen MR) is 116 cm³/mol. The van der Waals surface area contributed by atoms with Gasteiger partial charge in [-0.15, -0.1) is 0 Å². The molecule has 2 aromatic rings. The molecule has 154 valence electrons. The lowest BCUT2D eigenvalue weighted by Gasteiger charge is -2.39. The maximum Gasteiger partial charge on any atom is 0.253 e. The maximum absolute atomic E-state index is 12.7. The van der Waals surface area contributed by atoms with Crippen LogP contribution in [0, 0.1) is 0 Å². The van der Waals surface area contributed by atoms with Crippen LogP contribution in [-0.2, 0) is 6.54 Å². The molecule has 0 spiro atoms. The Bertz CT molecular complexity index is 797. The standard InChI is InChI=1S/C24H32N4O/c1-26(2)18-19-5-7-20(8-6-19)23-4-3-15-28(23)22-11-16-27(17-12-22)24(29)21-9-13-25-14-10-21/h5-10,13-14,22-23H,3-4,11-12,15-18H2,1-2H3. The Kier molecular flexibility index (Phi) is 6.26. The van der Waals surface area contributed by atoms with Gasteiger partial charge in [-0.3, -0.25) is 14.7 Å². The third-order valence-corrected chi connectivity index (χ3v) is 6.31. The molecule has 2 saturated heterocycles. The zero-order valence-corrected chi connectivity index (χ0v) is 17.6. The second-order valence-corrected chi connectivity index (χ2v) is 8.63. The molecule has 3 heterocycles. The number of carbonyl (C=O) groups excluding carboxylic acids is 1. The molecule has 1 amide bonds. The van der Waals surface area contributed by atoms with E-state index in [1.807, 2.05) is 17.0 Å². The van der Waals surface area contributed by atoms with Gasteiger partial charge in [0.2, 0.25) is 0 Å². The summed E-state index contributed by atoms with van der Waals surface area (Å²) in [5.41, 5.74) is 3.56. The van der Waals surface area contributed by atoms with Crippen LogP contribution in [0.1, 0.15) is 53.2 Å². The van der Waals surface area contributed by atoms with Crippen LogP contribution in [0.4, 0.5) is 0 Å². The fourth-order valence-electron chi connectivity index (χ4n) is 4.87. The molecule has 0 radical (unpaired) electrons. The molecule has 2 aliphatic heterocycles. The number of rotatable bonds is 5. The van der Waals surface area contributed by atoms with Crippen molar-refractivity contribution in [2.45, 2.75) is 44.3 Å². The number of hydrogen-bond acceptors (Lipinski definition) is 4. The molecule has 2 fully saturated rings. The van der Waals surface area contributed by atoms with Crippen molar-refractivity contribution in [2.75, 3.05) is 33.7 Å². The molecule has 0 aliphatic carbocycles. The number of nitrogens with zero attached hydrogens (tertiary/aromatic N) is 4. The highest BCUT2D eigenvalue weighted by Gasteiger charge is 2.34. The van der Waals surface area contributed by atoms with Crippen LogP contribution in [0.2, 0.25) is 0 Å². The Labute approximate surface area is 174 Å². The highest BCUT2D eigenvalue weighted by Crippen LogP contribution is 2.36. The summed E-state index contributed by atoms with van der Waals surface area (Å²) in [6.45, 7) is 3.85. The van der Waals surface area contributed by atoms with E-state index in [1.54, 1.807) is 12.4 Å². The summed E-state index contributed by atoms with van der Waals surface area (Å²) >= 11 is 0. The number of piperidine rings is 1. The monoisotopic (exact) mass is 392 g/mol. The van der Waals surface area contributed by atoms with Gasteiger partial charge in [-0.25, -0.2) is 0 Å². The summed E-state index contributed by atoms with van der Waals surface area (Å²) in [6.07, 6.45) is 8.01. The van der Waals surface area contributed by atoms with E-state index in [0.717, 1.165) is 38.0 Å². The molecule has 1 unspecified atom stereocenters. The average Bonchev–Trinajstić information content (AvgIpc) is 3.24. The summed E-state index contributed by atoms with van der Waals surface area (Å²) in [7, 11) is 4.22. The summed E-state index contributed by atoms with van der Waals surface area (Å²) in [4.78, 5) is 23.6. The number of carbonyl (C=O) groups is 1. The van der Waals surface area contributed by atoms with E-state index in [0.29, 0.717) is 12.1 Å². The molecule has 4 rings (SSSR count). The van der Waals surface area contributed by atoms with Crippen molar-refractivity contribution < 1.29 is 4.79 Å². The summed E-state index contributed by atoms with van der Waals surface area (Å²) in [5, 5.41) is 0. The molecule has 0 N–H and O–H groups in total. The molecule has 1 atom stereocenters. The highest BCUT2D eigenvalue weighted by atomic mass is 16.2. The number of hydrogen-bond donors (Lipinski definition) is 0. The van der Waals surface area contributed by atoms with E-state index in [-0.39, 0.29) is 5.91 Å². The van der Waals surface area contributed by atoms with Gasteiger partial charge in [0.1, 0.15) is 0 Å². The van der Waals surface area contributed by atoms with Crippen LogP contribution in [0.3, 0.4) is 0 Å². The first-order valence-corrected chi connectivity index (χ1v) is 10.8. The van der Waals surface area contributed by atoms with E-state index >= 15 is 0 Å². The molecule has 1 aromatic heterocycles. The minimum atomic E-state index is 0.139. The van der Waals surface area contributed by atoms with E-state index in [1.165, 1.54) is 30.5 Å². The molecule has 2 aliphatic rings. The van der Waals surface area contributed by atoms with Gasteiger partial charge in [0.15, 0.2) is 0 Å². The number of pyridine rings is 1. The smallest absolute Gasteiger partial charge is 0.253 e. The van der Waals surface area contributed by atoms with Crippen LogP contribution in [0.5, 0.6) is 0 Å². The lowest BCUT2D eigenvalue weighted by atomic mass is 9.97. The Balaban J connectivity index is 1.37. The summed E-state index contributed by atoms with van der Waals surface area (Å²) < 4.78 is 0. The number of aromatic nitrogens is 1. The van der Waals surface area contributed by atoms with Crippen LogP contribution in [0.15, 0.2) is 48.8 Å². The fourth-order valence-corrected chi connectivity index (χ4v) is 4.87. The summed E-state index contributed by atoms with van der Waals surface area (Å²) in [5.74, 6) is 0.139. The lowest BCUT2D eigenvalue weighted by molar-refractivity contribution is 0.0600. The Morgan fingerprint density at radius 1 is 1.00 bits per heavy atom. The topological polar surface area (TPSA) is 39.7 Å². The second-order valence-electron chi connectivity index (χ2n) is 8.63. The number of benzene rings is 1. The molecule has 0 bridgehead atoms. The van der Waals surface area contributed by atoms with E-state index in [9.17, 15) is 4.79 Å². The molecular formula is C24H32N4O. The van der Waals surface area contributed by atoms with E-state index in [4.69, 9.17) is 0 Å². The fraction of sp³-hybridized carbons (Fsp3) is 0.500. The third kappa shape index (κ3) is 4.68. The number of amides is 1. The molecule has 5 heteroatoms.